The van der Waals surface area contributed by atoms with Crippen LogP contribution in [0, 0.1) is 11.6 Å². The summed E-state index contributed by atoms with van der Waals surface area (Å²) in [7, 11) is 0. The molecule has 0 radical (unpaired) electrons. The molecule has 7 nitrogen and oxygen atoms in total. The van der Waals surface area contributed by atoms with E-state index in [0.717, 1.165) is 30.9 Å². The van der Waals surface area contributed by atoms with Crippen molar-refractivity contribution in [2.45, 2.75) is 0 Å². The second kappa shape index (κ2) is 8.66. The molecule has 0 bridgehead atoms. The lowest BCUT2D eigenvalue weighted by Gasteiger charge is -2.28. The minimum atomic E-state index is -1.02. The summed E-state index contributed by atoms with van der Waals surface area (Å²) < 4.78 is 31.9. The Hall–Kier alpha value is -3.20. The minimum absolute atomic E-state index is 0.121. The number of urea groups is 1. The quantitative estimate of drug-likeness (QED) is 0.814. The summed E-state index contributed by atoms with van der Waals surface area (Å²) >= 11 is 0. The van der Waals surface area contributed by atoms with Crippen molar-refractivity contribution in [1.29, 1.82) is 0 Å². The Labute approximate surface area is 172 Å². The molecule has 0 unspecified atom stereocenters. The Morgan fingerprint density at radius 3 is 2.33 bits per heavy atom. The number of anilines is 3. The Balaban J connectivity index is 1.32. The SMILES string of the molecule is O=C(CN1CCN(c2ccc(F)c(F)c2)C1=O)Nc1ccc(N2CCOCC2)cc1. The highest BCUT2D eigenvalue weighted by atomic mass is 19.2. The largest absolute Gasteiger partial charge is 0.378 e. The standard InChI is InChI=1S/C21H22F2N4O3/c22-18-6-5-17(13-19(18)23)27-8-7-26(21(27)29)14-20(28)24-15-1-3-16(4-2-15)25-9-11-30-12-10-25/h1-6,13H,7-12,14H2,(H,24,28). The number of rotatable bonds is 5. The van der Waals surface area contributed by atoms with Gasteiger partial charge in [-0.2, -0.15) is 0 Å². The van der Waals surface area contributed by atoms with Crippen LogP contribution in [0.3, 0.4) is 0 Å². The third-order valence-electron chi connectivity index (χ3n) is 5.17. The molecule has 1 N–H and O–H groups in total. The number of morpholine rings is 1. The van der Waals surface area contributed by atoms with Crippen LogP contribution in [-0.2, 0) is 9.53 Å². The maximum absolute atomic E-state index is 13.5. The van der Waals surface area contributed by atoms with Gasteiger partial charge < -0.3 is 19.9 Å². The van der Waals surface area contributed by atoms with Crippen LogP contribution < -0.4 is 15.1 Å². The number of hydrogen-bond donors (Lipinski definition) is 1. The first-order chi connectivity index (χ1) is 14.5. The maximum Gasteiger partial charge on any atom is 0.325 e. The van der Waals surface area contributed by atoms with Gasteiger partial charge >= 0.3 is 6.03 Å². The molecule has 0 atom stereocenters. The predicted molar refractivity (Wildman–Crippen MR) is 109 cm³/mol. The Kier molecular flexibility index (Phi) is 5.80. The van der Waals surface area contributed by atoms with Crippen molar-refractivity contribution in [3.63, 3.8) is 0 Å². The van der Waals surface area contributed by atoms with E-state index in [1.54, 1.807) is 0 Å². The van der Waals surface area contributed by atoms with Crippen molar-refractivity contribution in [3.8, 4) is 0 Å². The fourth-order valence-electron chi connectivity index (χ4n) is 3.57. The van der Waals surface area contributed by atoms with Gasteiger partial charge in [0.2, 0.25) is 5.91 Å². The van der Waals surface area contributed by atoms with E-state index < -0.39 is 17.7 Å². The van der Waals surface area contributed by atoms with Crippen LogP contribution in [-0.4, -0.2) is 62.8 Å². The lowest BCUT2D eigenvalue weighted by molar-refractivity contribution is -0.116. The van der Waals surface area contributed by atoms with Gasteiger partial charge in [-0.05, 0) is 36.4 Å². The molecule has 2 heterocycles. The number of hydrogen-bond acceptors (Lipinski definition) is 4. The van der Waals surface area contributed by atoms with Crippen molar-refractivity contribution >= 4 is 29.0 Å². The number of carbonyl (C=O) groups is 2. The van der Waals surface area contributed by atoms with E-state index in [4.69, 9.17) is 4.74 Å². The number of carbonyl (C=O) groups excluding carboxylic acids is 2. The molecule has 158 valence electrons. The van der Waals surface area contributed by atoms with Crippen molar-refractivity contribution in [1.82, 2.24) is 4.90 Å². The number of nitrogens with one attached hydrogen (secondary N) is 1. The fraction of sp³-hybridized carbons (Fsp3) is 0.333. The maximum atomic E-state index is 13.5. The first kappa shape index (κ1) is 20.1. The van der Waals surface area contributed by atoms with E-state index in [2.05, 4.69) is 10.2 Å². The molecule has 0 saturated carbocycles. The molecule has 30 heavy (non-hydrogen) atoms. The highest BCUT2D eigenvalue weighted by Gasteiger charge is 2.31. The zero-order valence-electron chi connectivity index (χ0n) is 16.3. The van der Waals surface area contributed by atoms with Crippen LogP contribution in [0.15, 0.2) is 42.5 Å². The van der Waals surface area contributed by atoms with E-state index in [-0.39, 0.29) is 18.1 Å². The van der Waals surface area contributed by atoms with Gasteiger partial charge in [0.1, 0.15) is 6.54 Å². The Morgan fingerprint density at radius 2 is 1.63 bits per heavy atom. The van der Waals surface area contributed by atoms with Gasteiger partial charge in [0.25, 0.3) is 0 Å². The first-order valence-corrected chi connectivity index (χ1v) is 9.75. The van der Waals surface area contributed by atoms with Gasteiger partial charge in [-0.3, -0.25) is 9.69 Å². The Bertz CT molecular complexity index is 932. The molecule has 2 fully saturated rings. The fourth-order valence-corrected chi connectivity index (χ4v) is 3.57. The molecule has 2 aromatic carbocycles. The van der Waals surface area contributed by atoms with Crippen molar-refractivity contribution < 1.29 is 23.1 Å². The number of amides is 3. The average molecular weight is 416 g/mol. The zero-order chi connectivity index (χ0) is 21.1. The zero-order valence-corrected chi connectivity index (χ0v) is 16.3. The molecular weight excluding hydrogens is 394 g/mol. The molecule has 2 aliphatic heterocycles. The third kappa shape index (κ3) is 4.35. The normalized spacial score (nSPS) is 16.9. The van der Waals surface area contributed by atoms with E-state index in [1.807, 2.05) is 24.3 Å². The molecule has 2 aliphatic rings. The molecule has 4 rings (SSSR count). The highest BCUT2D eigenvalue weighted by Crippen LogP contribution is 2.23. The average Bonchev–Trinajstić information content (AvgIpc) is 3.11. The van der Waals surface area contributed by atoms with Crippen molar-refractivity contribution in [2.75, 3.05) is 61.1 Å². The first-order valence-electron chi connectivity index (χ1n) is 9.75. The third-order valence-corrected chi connectivity index (χ3v) is 5.17. The van der Waals surface area contributed by atoms with Gasteiger partial charge in [-0.25, -0.2) is 13.6 Å². The van der Waals surface area contributed by atoms with Gasteiger partial charge in [0.05, 0.1) is 13.2 Å². The molecule has 3 amide bonds. The van der Waals surface area contributed by atoms with E-state index >= 15 is 0 Å². The summed E-state index contributed by atoms with van der Waals surface area (Å²) in [5.74, 6) is -2.31. The van der Waals surface area contributed by atoms with Crippen LogP contribution in [0.25, 0.3) is 0 Å². The van der Waals surface area contributed by atoms with Gasteiger partial charge in [0.15, 0.2) is 11.6 Å². The molecule has 9 heteroatoms. The lowest BCUT2D eigenvalue weighted by Crippen LogP contribution is -2.37. The smallest absolute Gasteiger partial charge is 0.325 e. The van der Waals surface area contributed by atoms with Crippen molar-refractivity contribution in [2.24, 2.45) is 0 Å². The van der Waals surface area contributed by atoms with Crippen LogP contribution in [0.1, 0.15) is 0 Å². The second-order valence-electron chi connectivity index (χ2n) is 7.15. The van der Waals surface area contributed by atoms with E-state index in [0.29, 0.717) is 32.0 Å². The van der Waals surface area contributed by atoms with Crippen LogP contribution in [0.2, 0.25) is 0 Å². The molecule has 2 aromatic rings. The molecule has 0 aromatic heterocycles. The summed E-state index contributed by atoms with van der Waals surface area (Å²) in [4.78, 5) is 29.8. The van der Waals surface area contributed by atoms with Gasteiger partial charge in [0, 0.05) is 49.3 Å². The minimum Gasteiger partial charge on any atom is -0.378 e. The number of benzene rings is 2. The van der Waals surface area contributed by atoms with Gasteiger partial charge in [-0.1, -0.05) is 0 Å². The van der Waals surface area contributed by atoms with E-state index in [1.165, 1.54) is 15.9 Å². The molecule has 2 saturated heterocycles. The Morgan fingerprint density at radius 1 is 0.933 bits per heavy atom. The van der Waals surface area contributed by atoms with Crippen LogP contribution in [0.5, 0.6) is 0 Å². The van der Waals surface area contributed by atoms with Crippen LogP contribution in [0.4, 0.5) is 30.6 Å². The number of ether oxygens (including phenoxy) is 1. The summed E-state index contributed by atoms with van der Waals surface area (Å²) in [5, 5.41) is 2.79. The molecule has 0 spiro atoms. The number of halogens is 2. The molecular formula is C21H22F2N4O3. The second-order valence-corrected chi connectivity index (χ2v) is 7.15. The topological polar surface area (TPSA) is 65.1 Å². The highest BCUT2D eigenvalue weighted by molar-refractivity contribution is 5.99. The molecule has 0 aliphatic carbocycles. The lowest BCUT2D eigenvalue weighted by atomic mass is 10.2. The van der Waals surface area contributed by atoms with E-state index in [9.17, 15) is 18.4 Å². The number of nitrogens with zero attached hydrogens (tertiary/aromatic N) is 3. The summed E-state index contributed by atoms with van der Waals surface area (Å²) in [6.45, 7) is 3.55. The van der Waals surface area contributed by atoms with Gasteiger partial charge in [-0.15, -0.1) is 0 Å². The summed E-state index contributed by atoms with van der Waals surface area (Å²) in [6, 6.07) is 10.4. The summed E-state index contributed by atoms with van der Waals surface area (Å²) in [6.07, 6.45) is 0. The predicted octanol–water partition coefficient (Wildman–Crippen LogP) is 2.68. The summed E-state index contributed by atoms with van der Waals surface area (Å²) in [5.41, 5.74) is 1.97. The monoisotopic (exact) mass is 416 g/mol. The van der Waals surface area contributed by atoms with Crippen molar-refractivity contribution in [3.05, 3.63) is 54.1 Å². The van der Waals surface area contributed by atoms with Crippen LogP contribution >= 0.6 is 0 Å².